The summed E-state index contributed by atoms with van der Waals surface area (Å²) in [5.74, 6) is 0.639. The predicted octanol–water partition coefficient (Wildman–Crippen LogP) is 4.23. The minimum absolute atomic E-state index is 0.135. The van der Waals surface area contributed by atoms with Crippen molar-refractivity contribution in [3.63, 3.8) is 0 Å². The number of carbonyl (C=O) groups is 3. The van der Waals surface area contributed by atoms with Crippen LogP contribution in [0.4, 0.5) is 0 Å². The zero-order valence-corrected chi connectivity index (χ0v) is 35.0. The number of nitrogens with one attached hydrogen (secondary N) is 2. The van der Waals surface area contributed by atoms with Crippen LogP contribution >= 0.6 is 11.6 Å². The number of carbonyl (C=O) groups excluding carboxylic acids is 3. The third kappa shape index (κ3) is 10.8. The highest BCUT2D eigenvalue weighted by atomic mass is 35.5. The molecule has 15 nitrogen and oxygen atoms in total. The fourth-order valence-electron chi connectivity index (χ4n) is 8.46. The van der Waals surface area contributed by atoms with Crippen molar-refractivity contribution in [3.8, 4) is 23.3 Å². The Kier molecular flexibility index (Phi) is 14.3. The standard InChI is InChI=1S/C43H54ClN7O8/c1-42(2)40(43(3,4)41(42)59-32-12-9-30(27-45)34(44)25-32)48-38(54)29-7-10-31(11-8-29)57-22-6-5-21-56-23-19-49-15-17-50(18-16-49)20-24-58-33-26-37(53)51(46-28-33)35-13-14-36(52)47-39(35)55/h7-12,25-26,28,35,40-41H,5-6,13-24H2,1-4H3,(H,48,54)(H,47,52,55)/t35?,40-,41-. The number of amides is 3. The summed E-state index contributed by atoms with van der Waals surface area (Å²) >= 11 is 6.22. The maximum atomic E-state index is 13.3. The number of hydrogen-bond acceptors (Lipinski definition) is 12. The quantitative estimate of drug-likeness (QED) is 0.138. The number of hydrogen-bond donors (Lipinski definition) is 2. The lowest BCUT2D eigenvalue weighted by Crippen LogP contribution is -2.74. The van der Waals surface area contributed by atoms with E-state index in [2.05, 4.69) is 59.3 Å². The number of aromatic nitrogens is 2. The lowest BCUT2D eigenvalue weighted by atomic mass is 9.49. The van der Waals surface area contributed by atoms with Gasteiger partial charge in [-0.1, -0.05) is 39.3 Å². The van der Waals surface area contributed by atoms with Crippen LogP contribution < -0.4 is 30.4 Å². The van der Waals surface area contributed by atoms with E-state index in [1.165, 1.54) is 12.3 Å². The second-order valence-corrected chi connectivity index (χ2v) is 16.9. The fourth-order valence-corrected chi connectivity index (χ4v) is 8.68. The summed E-state index contributed by atoms with van der Waals surface area (Å²) in [5.41, 5.74) is -0.204. The number of rotatable bonds is 18. The smallest absolute Gasteiger partial charge is 0.271 e. The Hall–Kier alpha value is -5.01. The number of piperidine rings is 1. The second-order valence-electron chi connectivity index (χ2n) is 16.5. The number of nitriles is 1. The lowest BCUT2D eigenvalue weighted by molar-refractivity contribution is -0.164. The van der Waals surface area contributed by atoms with Gasteiger partial charge in [0.2, 0.25) is 5.91 Å². The van der Waals surface area contributed by atoms with E-state index < -0.39 is 17.5 Å². The molecule has 2 saturated heterocycles. The first-order valence-corrected chi connectivity index (χ1v) is 20.6. The first-order chi connectivity index (χ1) is 28.3. The van der Waals surface area contributed by atoms with Crippen molar-refractivity contribution in [1.82, 2.24) is 30.2 Å². The summed E-state index contributed by atoms with van der Waals surface area (Å²) in [6.07, 6.45) is 3.39. The van der Waals surface area contributed by atoms with Crippen LogP contribution in [-0.2, 0) is 14.3 Å². The first kappa shape index (κ1) is 43.6. The number of nitrogens with zero attached hydrogens (tertiary/aromatic N) is 5. The van der Waals surface area contributed by atoms with Crippen molar-refractivity contribution in [2.24, 2.45) is 10.8 Å². The van der Waals surface area contributed by atoms with Gasteiger partial charge in [-0.05, 0) is 55.7 Å². The molecule has 3 amide bonds. The number of benzene rings is 2. The normalized spacial score (nSPS) is 21.5. The molecule has 16 heteroatoms. The van der Waals surface area contributed by atoms with Gasteiger partial charge in [-0.25, -0.2) is 4.68 Å². The highest BCUT2D eigenvalue weighted by molar-refractivity contribution is 6.31. The molecule has 1 aromatic heterocycles. The van der Waals surface area contributed by atoms with Crippen LogP contribution in [0.25, 0.3) is 0 Å². The lowest BCUT2D eigenvalue weighted by Gasteiger charge is -2.63. The van der Waals surface area contributed by atoms with Crippen molar-refractivity contribution in [2.45, 2.75) is 71.6 Å². The zero-order chi connectivity index (χ0) is 42.2. The molecule has 316 valence electrons. The molecule has 1 unspecified atom stereocenters. The molecule has 0 radical (unpaired) electrons. The average molecular weight is 832 g/mol. The summed E-state index contributed by atoms with van der Waals surface area (Å²) < 4.78 is 25.0. The molecule has 6 rings (SSSR count). The Bertz CT molecular complexity index is 2040. The summed E-state index contributed by atoms with van der Waals surface area (Å²) in [6.45, 7) is 15.9. The molecule has 3 aliphatic rings. The van der Waals surface area contributed by atoms with E-state index in [4.69, 9.17) is 30.5 Å². The largest absolute Gasteiger partial charge is 0.494 e. The third-order valence-electron chi connectivity index (χ3n) is 11.5. The molecule has 3 aromatic rings. The zero-order valence-electron chi connectivity index (χ0n) is 34.2. The summed E-state index contributed by atoms with van der Waals surface area (Å²) in [5, 5.41) is 19.1. The number of piperazine rings is 1. The van der Waals surface area contributed by atoms with Gasteiger partial charge >= 0.3 is 0 Å². The molecule has 1 aliphatic carbocycles. The maximum Gasteiger partial charge on any atom is 0.271 e. The molecule has 1 atom stereocenters. The average Bonchev–Trinajstić information content (AvgIpc) is 3.21. The van der Waals surface area contributed by atoms with E-state index in [-0.39, 0.29) is 47.6 Å². The highest BCUT2D eigenvalue weighted by Gasteiger charge is 2.64. The highest BCUT2D eigenvalue weighted by Crippen LogP contribution is 2.55. The number of halogens is 1. The van der Waals surface area contributed by atoms with E-state index in [0.717, 1.165) is 56.8 Å². The Labute approximate surface area is 349 Å². The summed E-state index contributed by atoms with van der Waals surface area (Å²) in [7, 11) is 0. The molecule has 2 N–H and O–H groups in total. The van der Waals surface area contributed by atoms with Crippen LogP contribution in [0.2, 0.25) is 5.02 Å². The first-order valence-electron chi connectivity index (χ1n) is 20.2. The molecule has 3 heterocycles. The van der Waals surface area contributed by atoms with Gasteiger partial charge in [0.05, 0.1) is 30.0 Å². The van der Waals surface area contributed by atoms with Crippen LogP contribution in [0.5, 0.6) is 17.2 Å². The van der Waals surface area contributed by atoms with Gasteiger partial charge in [-0.2, -0.15) is 10.4 Å². The van der Waals surface area contributed by atoms with Crippen LogP contribution in [0.1, 0.15) is 75.3 Å². The minimum Gasteiger partial charge on any atom is -0.494 e. The van der Waals surface area contributed by atoms with E-state index in [1.807, 2.05) is 12.1 Å². The molecule has 1 saturated carbocycles. The van der Waals surface area contributed by atoms with Gasteiger partial charge in [0, 0.05) is 86.9 Å². The van der Waals surface area contributed by atoms with E-state index in [1.54, 1.807) is 30.3 Å². The van der Waals surface area contributed by atoms with Crippen LogP contribution in [-0.4, -0.2) is 115 Å². The monoisotopic (exact) mass is 831 g/mol. The van der Waals surface area contributed by atoms with Gasteiger partial charge in [-0.3, -0.25) is 34.3 Å². The van der Waals surface area contributed by atoms with Gasteiger partial charge in [0.25, 0.3) is 17.4 Å². The van der Waals surface area contributed by atoms with Gasteiger partial charge in [0.15, 0.2) is 0 Å². The fraction of sp³-hybridized carbons (Fsp3) is 0.535. The van der Waals surface area contributed by atoms with Crippen LogP contribution in [0.15, 0.2) is 59.5 Å². The van der Waals surface area contributed by atoms with E-state index in [9.17, 15) is 24.4 Å². The Morgan fingerprint density at radius 2 is 1.53 bits per heavy atom. The number of ether oxygens (including phenoxy) is 4. The molecular formula is C43H54ClN7O8. The van der Waals surface area contributed by atoms with E-state index >= 15 is 0 Å². The minimum atomic E-state index is -0.793. The predicted molar refractivity (Wildman–Crippen MR) is 220 cm³/mol. The molecule has 3 fully saturated rings. The van der Waals surface area contributed by atoms with Crippen LogP contribution in [0, 0.1) is 22.2 Å². The topological polar surface area (TPSA) is 177 Å². The van der Waals surface area contributed by atoms with Crippen molar-refractivity contribution < 1.29 is 33.3 Å². The molecule has 2 aliphatic heterocycles. The molecule has 0 spiro atoms. The van der Waals surface area contributed by atoms with Crippen molar-refractivity contribution in [2.75, 3.05) is 65.7 Å². The molecule has 0 bridgehead atoms. The summed E-state index contributed by atoms with van der Waals surface area (Å²) in [6, 6.07) is 14.7. The Morgan fingerprint density at radius 3 is 2.17 bits per heavy atom. The molecule has 59 heavy (non-hydrogen) atoms. The summed E-state index contributed by atoms with van der Waals surface area (Å²) in [4.78, 5) is 54.0. The van der Waals surface area contributed by atoms with Gasteiger partial charge < -0.3 is 24.3 Å². The number of unbranched alkanes of at least 4 members (excludes halogenated alkanes) is 1. The Balaban J connectivity index is 0.798. The maximum absolute atomic E-state index is 13.3. The second kappa shape index (κ2) is 19.4. The van der Waals surface area contributed by atoms with Gasteiger partial charge in [0.1, 0.15) is 42.1 Å². The van der Waals surface area contributed by atoms with Crippen molar-refractivity contribution in [3.05, 3.63) is 81.2 Å². The van der Waals surface area contributed by atoms with Crippen LogP contribution in [0.3, 0.4) is 0 Å². The van der Waals surface area contributed by atoms with Crippen molar-refractivity contribution in [1.29, 1.82) is 5.26 Å². The number of imide groups is 1. The molecule has 2 aromatic carbocycles. The SMILES string of the molecule is CC1(C)[C@H](NC(=O)c2ccc(OCCCCOCCN3CCN(CCOc4cnn(C5CCC(=O)NC5=O)c(=O)c4)CC3)cc2)C(C)(C)[C@H]1Oc1ccc(C#N)c(Cl)c1. The van der Waals surface area contributed by atoms with E-state index in [0.29, 0.717) is 59.8 Å². The van der Waals surface area contributed by atoms with Gasteiger partial charge in [-0.15, -0.1) is 0 Å². The Morgan fingerprint density at radius 1 is 0.881 bits per heavy atom. The third-order valence-corrected chi connectivity index (χ3v) is 11.8. The van der Waals surface area contributed by atoms with Crippen molar-refractivity contribution >= 4 is 29.3 Å². The molecular weight excluding hydrogens is 778 g/mol.